The Morgan fingerprint density at radius 3 is 2.19 bits per heavy atom. The third kappa shape index (κ3) is 3.21. The number of nitrogens with zero attached hydrogens (tertiary/aromatic N) is 1. The van der Waals surface area contributed by atoms with Gasteiger partial charge >= 0.3 is 0 Å². The Bertz CT molecular complexity index is 426. The molecule has 90 valence electrons. The van der Waals surface area contributed by atoms with Gasteiger partial charge in [-0.25, -0.2) is 8.42 Å². The van der Waals surface area contributed by atoms with Gasteiger partial charge in [0, 0.05) is 13.1 Å². The van der Waals surface area contributed by atoms with Crippen LogP contribution in [0.4, 0.5) is 5.69 Å². The molecule has 0 saturated carbocycles. The van der Waals surface area contributed by atoms with Crippen LogP contribution in [0.5, 0.6) is 0 Å². The number of hydrogen-bond acceptors (Lipinski definition) is 3. The predicted molar refractivity (Wildman–Crippen MR) is 67.1 cm³/mol. The summed E-state index contributed by atoms with van der Waals surface area (Å²) in [5, 5.41) is 0. The molecule has 0 aromatic heterocycles. The van der Waals surface area contributed by atoms with E-state index in [0.29, 0.717) is 18.8 Å². The van der Waals surface area contributed by atoms with Gasteiger partial charge in [-0.2, -0.15) is 0 Å². The Morgan fingerprint density at radius 2 is 1.81 bits per heavy atom. The maximum absolute atomic E-state index is 11.5. The van der Waals surface area contributed by atoms with Crippen LogP contribution in [-0.4, -0.2) is 27.8 Å². The quantitative estimate of drug-likeness (QED) is 0.837. The molecule has 0 saturated heterocycles. The Labute approximate surface area is 97.1 Å². The summed E-state index contributed by atoms with van der Waals surface area (Å²) < 4.78 is 24.4. The number of hydrogen-bond donors (Lipinski definition) is 1. The van der Waals surface area contributed by atoms with Crippen LogP contribution in [0.15, 0.2) is 24.3 Å². The standard InChI is InChI=1S/C11H18N2O2S/c1-3-10-4-6-11(7-5-10)13(9-8-12)16(2,14)15/h4-7H,3,8-9,12H2,1-2H3. The lowest BCUT2D eigenvalue weighted by Gasteiger charge is -2.21. The summed E-state index contributed by atoms with van der Waals surface area (Å²) in [4.78, 5) is 0. The monoisotopic (exact) mass is 242 g/mol. The van der Waals surface area contributed by atoms with Gasteiger partial charge in [0.25, 0.3) is 0 Å². The average Bonchev–Trinajstić information content (AvgIpc) is 2.25. The first kappa shape index (κ1) is 13.0. The molecule has 2 N–H and O–H groups in total. The summed E-state index contributed by atoms with van der Waals surface area (Å²) in [5.41, 5.74) is 7.27. The largest absolute Gasteiger partial charge is 0.329 e. The maximum atomic E-state index is 11.5. The molecule has 16 heavy (non-hydrogen) atoms. The Morgan fingerprint density at radius 1 is 1.25 bits per heavy atom. The van der Waals surface area contributed by atoms with Gasteiger partial charge in [-0.1, -0.05) is 19.1 Å². The van der Waals surface area contributed by atoms with E-state index in [1.165, 1.54) is 16.1 Å². The van der Waals surface area contributed by atoms with Crippen molar-refractivity contribution in [1.29, 1.82) is 0 Å². The summed E-state index contributed by atoms with van der Waals surface area (Å²) in [7, 11) is -3.25. The van der Waals surface area contributed by atoms with Crippen molar-refractivity contribution in [2.75, 3.05) is 23.7 Å². The van der Waals surface area contributed by atoms with E-state index in [-0.39, 0.29) is 0 Å². The summed E-state index contributed by atoms with van der Waals surface area (Å²) >= 11 is 0. The fourth-order valence-corrected chi connectivity index (χ4v) is 2.44. The van der Waals surface area contributed by atoms with Crippen LogP contribution in [0.25, 0.3) is 0 Å². The van der Waals surface area contributed by atoms with E-state index in [1.807, 2.05) is 24.3 Å². The molecular formula is C11H18N2O2S. The first-order valence-electron chi connectivity index (χ1n) is 5.25. The SMILES string of the molecule is CCc1ccc(N(CCN)S(C)(=O)=O)cc1. The van der Waals surface area contributed by atoms with Crippen LogP contribution in [0, 0.1) is 0 Å². The Kier molecular flexibility index (Phi) is 4.32. The van der Waals surface area contributed by atoms with Crippen molar-refractivity contribution in [3.05, 3.63) is 29.8 Å². The number of aryl methyl sites for hydroxylation is 1. The lowest BCUT2D eigenvalue weighted by molar-refractivity contribution is 0.597. The minimum absolute atomic E-state index is 0.308. The Hall–Kier alpha value is -1.07. The molecule has 0 aliphatic heterocycles. The predicted octanol–water partition coefficient (Wildman–Crippen LogP) is 0.974. The average molecular weight is 242 g/mol. The molecule has 0 spiro atoms. The third-order valence-electron chi connectivity index (χ3n) is 2.37. The fraction of sp³-hybridized carbons (Fsp3) is 0.455. The zero-order chi connectivity index (χ0) is 12.2. The highest BCUT2D eigenvalue weighted by atomic mass is 32.2. The van der Waals surface area contributed by atoms with Gasteiger partial charge in [0.2, 0.25) is 10.0 Å². The van der Waals surface area contributed by atoms with Crippen molar-refractivity contribution in [2.45, 2.75) is 13.3 Å². The number of sulfonamides is 1. The molecule has 0 radical (unpaired) electrons. The van der Waals surface area contributed by atoms with Crippen LogP contribution in [0.2, 0.25) is 0 Å². The Balaban J connectivity index is 3.02. The molecule has 0 bridgehead atoms. The van der Waals surface area contributed by atoms with Crippen molar-refractivity contribution in [1.82, 2.24) is 0 Å². The number of benzene rings is 1. The normalized spacial score (nSPS) is 11.4. The van der Waals surface area contributed by atoms with Crippen LogP contribution in [0.1, 0.15) is 12.5 Å². The fourth-order valence-electron chi connectivity index (χ4n) is 1.50. The summed E-state index contributed by atoms with van der Waals surface area (Å²) in [5.74, 6) is 0. The first-order chi connectivity index (χ1) is 7.49. The van der Waals surface area contributed by atoms with E-state index < -0.39 is 10.0 Å². The summed E-state index contributed by atoms with van der Waals surface area (Å²) in [6.07, 6.45) is 2.13. The molecule has 0 amide bonds. The molecule has 0 aliphatic rings. The summed E-state index contributed by atoms with van der Waals surface area (Å²) in [6, 6.07) is 7.50. The molecule has 1 aromatic rings. The van der Waals surface area contributed by atoms with E-state index in [0.717, 1.165) is 6.42 Å². The minimum Gasteiger partial charge on any atom is -0.329 e. The molecule has 0 unspecified atom stereocenters. The number of nitrogens with two attached hydrogens (primary N) is 1. The van der Waals surface area contributed by atoms with Crippen LogP contribution >= 0.6 is 0 Å². The van der Waals surface area contributed by atoms with Crippen molar-refractivity contribution in [3.63, 3.8) is 0 Å². The van der Waals surface area contributed by atoms with Gasteiger partial charge < -0.3 is 5.73 Å². The maximum Gasteiger partial charge on any atom is 0.232 e. The topological polar surface area (TPSA) is 63.4 Å². The van der Waals surface area contributed by atoms with Gasteiger partial charge in [-0.05, 0) is 24.1 Å². The number of anilines is 1. The second-order valence-electron chi connectivity index (χ2n) is 3.64. The molecule has 4 nitrogen and oxygen atoms in total. The van der Waals surface area contributed by atoms with Crippen LogP contribution < -0.4 is 10.0 Å². The van der Waals surface area contributed by atoms with E-state index in [4.69, 9.17) is 5.73 Å². The van der Waals surface area contributed by atoms with E-state index in [9.17, 15) is 8.42 Å². The highest BCUT2D eigenvalue weighted by Gasteiger charge is 2.15. The molecule has 5 heteroatoms. The third-order valence-corrected chi connectivity index (χ3v) is 3.56. The van der Waals surface area contributed by atoms with E-state index >= 15 is 0 Å². The highest BCUT2D eigenvalue weighted by Crippen LogP contribution is 2.17. The zero-order valence-electron chi connectivity index (χ0n) is 9.68. The lowest BCUT2D eigenvalue weighted by atomic mass is 10.1. The molecule has 1 aromatic carbocycles. The van der Waals surface area contributed by atoms with Crippen molar-refractivity contribution in [3.8, 4) is 0 Å². The van der Waals surface area contributed by atoms with Gasteiger partial charge in [0.1, 0.15) is 0 Å². The van der Waals surface area contributed by atoms with Crippen molar-refractivity contribution >= 4 is 15.7 Å². The van der Waals surface area contributed by atoms with E-state index in [2.05, 4.69) is 6.92 Å². The van der Waals surface area contributed by atoms with Gasteiger partial charge in [0.05, 0.1) is 11.9 Å². The second-order valence-corrected chi connectivity index (χ2v) is 5.55. The van der Waals surface area contributed by atoms with Gasteiger partial charge in [-0.3, -0.25) is 4.31 Å². The second kappa shape index (κ2) is 5.32. The lowest BCUT2D eigenvalue weighted by Crippen LogP contribution is -2.34. The zero-order valence-corrected chi connectivity index (χ0v) is 10.5. The summed E-state index contributed by atoms with van der Waals surface area (Å²) in [6.45, 7) is 2.68. The van der Waals surface area contributed by atoms with E-state index in [1.54, 1.807) is 0 Å². The smallest absolute Gasteiger partial charge is 0.232 e. The van der Waals surface area contributed by atoms with Crippen LogP contribution in [-0.2, 0) is 16.4 Å². The molecule has 0 atom stereocenters. The highest BCUT2D eigenvalue weighted by molar-refractivity contribution is 7.92. The van der Waals surface area contributed by atoms with Gasteiger partial charge in [0.15, 0.2) is 0 Å². The van der Waals surface area contributed by atoms with Crippen molar-refractivity contribution < 1.29 is 8.42 Å². The molecule has 0 heterocycles. The van der Waals surface area contributed by atoms with Gasteiger partial charge in [-0.15, -0.1) is 0 Å². The first-order valence-corrected chi connectivity index (χ1v) is 7.10. The molecule has 0 fully saturated rings. The van der Waals surface area contributed by atoms with Crippen LogP contribution in [0.3, 0.4) is 0 Å². The molecular weight excluding hydrogens is 224 g/mol. The molecule has 1 rings (SSSR count). The molecule has 0 aliphatic carbocycles. The minimum atomic E-state index is -3.25. The number of rotatable bonds is 5. The van der Waals surface area contributed by atoms with Crippen molar-refractivity contribution in [2.24, 2.45) is 5.73 Å².